The van der Waals surface area contributed by atoms with Crippen LogP contribution in [0.4, 0.5) is 4.39 Å². The van der Waals surface area contributed by atoms with Crippen molar-refractivity contribution < 1.29 is 9.18 Å². The molecule has 3 aromatic rings. The molecule has 130 valence electrons. The van der Waals surface area contributed by atoms with E-state index in [1.165, 1.54) is 18.2 Å². The summed E-state index contributed by atoms with van der Waals surface area (Å²) in [5, 5.41) is 7.71. The Balaban J connectivity index is 1.84. The van der Waals surface area contributed by atoms with Crippen LogP contribution in [0, 0.1) is 11.2 Å². The molecule has 4 nitrogen and oxygen atoms in total. The summed E-state index contributed by atoms with van der Waals surface area (Å²) in [7, 11) is 0. The average Bonchev–Trinajstić information content (AvgIpc) is 3.17. The average molecular weight is 347 g/mol. The summed E-state index contributed by atoms with van der Waals surface area (Å²) in [6, 6.07) is 18.0. The predicted molar refractivity (Wildman–Crippen MR) is 101 cm³/mol. The molecule has 0 saturated carbocycles. The largest absolute Gasteiger partial charge is 0.364 e. The number of H-pyrrole nitrogens is 1. The first-order chi connectivity index (χ1) is 12.5. The maximum absolute atomic E-state index is 13.0. The lowest BCUT2D eigenvalue weighted by Crippen LogP contribution is -2.20. The number of halogens is 1. The van der Waals surface area contributed by atoms with Crippen LogP contribution in [0.25, 0.3) is 16.7 Å². The molecule has 0 spiro atoms. The maximum Gasteiger partial charge on any atom is 0.266 e. The van der Waals surface area contributed by atoms with E-state index >= 15 is 0 Å². The van der Waals surface area contributed by atoms with Gasteiger partial charge in [-0.3, -0.25) is 10.2 Å². The Morgan fingerprint density at radius 2 is 1.65 bits per heavy atom. The summed E-state index contributed by atoms with van der Waals surface area (Å²) >= 11 is 0. The summed E-state index contributed by atoms with van der Waals surface area (Å²) in [5.74, 6) is -1.02. The molecule has 0 aliphatic rings. The number of carbonyl (C=O) groups excluding carboxylic acids is 1. The Bertz CT molecular complexity index is 940. The molecule has 0 atom stereocenters. The van der Waals surface area contributed by atoms with Crippen molar-refractivity contribution in [2.75, 3.05) is 0 Å². The highest BCUT2D eigenvalue weighted by Gasteiger charge is 2.09. The molecule has 0 aliphatic heterocycles. The lowest BCUT2D eigenvalue weighted by atomic mass is 9.98. The number of hydrogen-bond donors (Lipinski definition) is 3. The molecule has 0 saturated heterocycles. The first-order valence-electron chi connectivity index (χ1n) is 8.10. The van der Waals surface area contributed by atoms with Gasteiger partial charge in [-0.25, -0.2) is 4.39 Å². The van der Waals surface area contributed by atoms with Crippen LogP contribution in [0.5, 0.6) is 0 Å². The Hall–Kier alpha value is -3.47. The lowest BCUT2D eigenvalue weighted by molar-refractivity contribution is -0.111. The Morgan fingerprint density at radius 1 is 1.04 bits per heavy atom. The van der Waals surface area contributed by atoms with Crippen LogP contribution in [0.3, 0.4) is 0 Å². The van der Waals surface area contributed by atoms with Gasteiger partial charge >= 0.3 is 0 Å². The highest BCUT2D eigenvalue weighted by Crippen LogP contribution is 2.23. The molecule has 0 unspecified atom stereocenters. The molecule has 2 aromatic carbocycles. The van der Waals surface area contributed by atoms with Crippen molar-refractivity contribution in [3.05, 3.63) is 90.0 Å². The molecule has 26 heavy (non-hydrogen) atoms. The fourth-order valence-corrected chi connectivity index (χ4v) is 2.68. The van der Waals surface area contributed by atoms with E-state index < -0.39 is 5.91 Å². The number of hydrogen-bond acceptors (Lipinski definition) is 2. The second-order valence-corrected chi connectivity index (χ2v) is 5.91. The fraction of sp³-hybridized carbons (Fsp3) is 0.0476. The van der Waals surface area contributed by atoms with E-state index in [9.17, 15) is 9.18 Å². The molecule has 0 fully saturated rings. The van der Waals surface area contributed by atoms with Crippen LogP contribution in [0.1, 0.15) is 11.3 Å². The second-order valence-electron chi connectivity index (χ2n) is 5.91. The number of aromatic nitrogens is 1. The van der Waals surface area contributed by atoms with Crippen molar-refractivity contribution >= 4 is 17.2 Å². The number of rotatable bonds is 6. The Morgan fingerprint density at radius 3 is 2.19 bits per heavy atom. The Labute approximate surface area is 150 Å². The highest BCUT2D eigenvalue weighted by molar-refractivity contribution is 6.42. The molecule has 1 amide bonds. The standard InChI is InChI=1S/C21H18FN3O/c22-18-9-7-16(8-10-18)15-5-3-14(4-6-15)12-17(13-19(23)21(24)26)20-2-1-11-25-20/h1-11,13,23,25H,12H2,(H2,24,26)/b17-13-,23-19?. The zero-order valence-electron chi connectivity index (χ0n) is 14.0. The normalized spacial score (nSPS) is 11.3. The molecule has 1 heterocycles. The number of amides is 1. The molecule has 5 heteroatoms. The summed E-state index contributed by atoms with van der Waals surface area (Å²) < 4.78 is 13.0. The predicted octanol–water partition coefficient (Wildman–Crippen LogP) is 3.95. The van der Waals surface area contributed by atoms with Crippen LogP contribution in [0.15, 0.2) is 72.9 Å². The van der Waals surface area contributed by atoms with Gasteiger partial charge in [0.1, 0.15) is 11.5 Å². The number of nitrogens with one attached hydrogen (secondary N) is 2. The fourth-order valence-electron chi connectivity index (χ4n) is 2.68. The number of benzene rings is 2. The van der Waals surface area contributed by atoms with E-state index in [1.807, 2.05) is 36.4 Å². The SMILES string of the molecule is N=C(/C=C(/Cc1ccc(-c2ccc(F)cc2)cc1)c1ccc[nH]1)C(N)=O. The number of nitrogens with two attached hydrogens (primary N) is 1. The molecular weight excluding hydrogens is 329 g/mol. The van der Waals surface area contributed by atoms with Gasteiger partial charge in [0.05, 0.1) is 0 Å². The first kappa shape index (κ1) is 17.4. The van der Waals surface area contributed by atoms with Crippen LogP contribution in [-0.2, 0) is 11.2 Å². The van der Waals surface area contributed by atoms with Gasteiger partial charge in [0.15, 0.2) is 0 Å². The van der Waals surface area contributed by atoms with E-state index in [4.69, 9.17) is 11.1 Å². The molecule has 0 aliphatic carbocycles. The molecule has 4 N–H and O–H groups in total. The van der Waals surface area contributed by atoms with Gasteiger partial charge in [-0.05, 0) is 59.0 Å². The summed E-state index contributed by atoms with van der Waals surface area (Å²) in [5.41, 5.74) is 9.52. The van der Waals surface area contributed by atoms with Gasteiger partial charge < -0.3 is 10.7 Å². The minimum atomic E-state index is -0.763. The molecule has 0 radical (unpaired) electrons. The summed E-state index contributed by atoms with van der Waals surface area (Å²) in [6.07, 6.45) is 3.82. The number of allylic oxidation sites excluding steroid dienone is 1. The highest BCUT2D eigenvalue weighted by atomic mass is 19.1. The van der Waals surface area contributed by atoms with E-state index in [0.29, 0.717) is 6.42 Å². The third-order valence-electron chi connectivity index (χ3n) is 4.05. The smallest absolute Gasteiger partial charge is 0.266 e. The van der Waals surface area contributed by atoms with Gasteiger partial charge in [-0.15, -0.1) is 0 Å². The number of aromatic amines is 1. The zero-order valence-corrected chi connectivity index (χ0v) is 14.0. The molecular formula is C21H18FN3O. The maximum atomic E-state index is 13.0. The van der Waals surface area contributed by atoms with Gasteiger partial charge in [-0.2, -0.15) is 0 Å². The van der Waals surface area contributed by atoms with E-state index in [-0.39, 0.29) is 11.5 Å². The van der Waals surface area contributed by atoms with Crippen molar-refractivity contribution in [3.8, 4) is 11.1 Å². The van der Waals surface area contributed by atoms with Gasteiger partial charge in [0, 0.05) is 11.9 Å². The van der Waals surface area contributed by atoms with Crippen molar-refractivity contribution in [1.82, 2.24) is 4.98 Å². The minimum Gasteiger partial charge on any atom is -0.364 e. The summed E-state index contributed by atoms with van der Waals surface area (Å²) in [6.45, 7) is 0. The topological polar surface area (TPSA) is 82.7 Å². The van der Waals surface area contributed by atoms with E-state index in [0.717, 1.165) is 28.0 Å². The zero-order chi connectivity index (χ0) is 18.5. The van der Waals surface area contributed by atoms with Gasteiger partial charge in [0.25, 0.3) is 5.91 Å². The van der Waals surface area contributed by atoms with Crippen molar-refractivity contribution in [3.63, 3.8) is 0 Å². The lowest BCUT2D eigenvalue weighted by Gasteiger charge is -2.08. The number of primary amides is 1. The third-order valence-corrected chi connectivity index (χ3v) is 4.05. The van der Waals surface area contributed by atoms with Crippen molar-refractivity contribution in [2.45, 2.75) is 6.42 Å². The van der Waals surface area contributed by atoms with Gasteiger partial charge in [-0.1, -0.05) is 36.4 Å². The quantitative estimate of drug-likeness (QED) is 0.580. The molecule has 1 aromatic heterocycles. The van der Waals surface area contributed by atoms with Crippen LogP contribution >= 0.6 is 0 Å². The molecule has 0 bridgehead atoms. The van der Waals surface area contributed by atoms with Gasteiger partial charge in [0.2, 0.25) is 0 Å². The Kier molecular flexibility index (Phi) is 5.08. The van der Waals surface area contributed by atoms with Crippen LogP contribution < -0.4 is 5.73 Å². The van der Waals surface area contributed by atoms with Crippen molar-refractivity contribution in [1.29, 1.82) is 5.41 Å². The monoisotopic (exact) mass is 347 g/mol. The first-order valence-corrected chi connectivity index (χ1v) is 8.10. The van der Waals surface area contributed by atoms with Crippen molar-refractivity contribution in [2.24, 2.45) is 5.73 Å². The van der Waals surface area contributed by atoms with Crippen LogP contribution in [0.2, 0.25) is 0 Å². The van der Waals surface area contributed by atoms with Crippen LogP contribution in [-0.4, -0.2) is 16.6 Å². The summed E-state index contributed by atoms with van der Waals surface area (Å²) in [4.78, 5) is 14.3. The molecule has 3 rings (SSSR count). The third kappa shape index (κ3) is 4.13. The second kappa shape index (κ2) is 7.61. The number of carbonyl (C=O) groups is 1. The van der Waals surface area contributed by atoms with E-state index in [2.05, 4.69) is 4.98 Å². The minimum absolute atomic E-state index is 0.238. The van der Waals surface area contributed by atoms with E-state index in [1.54, 1.807) is 18.3 Å².